The van der Waals surface area contributed by atoms with Gasteiger partial charge in [0.15, 0.2) is 0 Å². The van der Waals surface area contributed by atoms with Crippen molar-refractivity contribution in [3.8, 4) is 0 Å². The second kappa shape index (κ2) is 14.8. The van der Waals surface area contributed by atoms with Crippen LogP contribution in [0, 0.1) is 11.7 Å². The van der Waals surface area contributed by atoms with Gasteiger partial charge in [-0.15, -0.1) is 0 Å². The standard InChI is InChI=1S/C31H48FN5O4/c1-6-33-28(39)24(19-21-14-16-23(32)17-15-21)34-29(40)25-13-10-18-37(25)30(41)26(22-11-8-7-9-12-22)35-27(38)20(2)36-31(3,4)5/h14-17,20,22,24-26,36H,6-13,18-19H2,1-5H3,(H,33,39)(H,34,40)(H,35,38). The van der Waals surface area contributed by atoms with Crippen LogP contribution in [0.3, 0.4) is 0 Å². The lowest BCUT2D eigenvalue weighted by Gasteiger charge is -2.36. The summed E-state index contributed by atoms with van der Waals surface area (Å²) in [6.45, 7) is 10.3. The maximum atomic E-state index is 14.0. The van der Waals surface area contributed by atoms with Crippen LogP contribution in [0.1, 0.15) is 85.1 Å². The molecule has 1 aliphatic heterocycles. The Kier molecular flexibility index (Phi) is 11.7. The molecule has 1 aliphatic carbocycles. The first-order valence-electron chi connectivity index (χ1n) is 15.1. The predicted molar refractivity (Wildman–Crippen MR) is 156 cm³/mol. The van der Waals surface area contributed by atoms with Crippen LogP contribution in [0.2, 0.25) is 0 Å². The molecule has 1 aromatic carbocycles. The van der Waals surface area contributed by atoms with Gasteiger partial charge in [0.25, 0.3) is 0 Å². The van der Waals surface area contributed by atoms with Crippen molar-refractivity contribution in [2.45, 2.75) is 116 Å². The minimum Gasteiger partial charge on any atom is -0.355 e. The van der Waals surface area contributed by atoms with E-state index in [2.05, 4.69) is 21.3 Å². The van der Waals surface area contributed by atoms with Gasteiger partial charge in [0.1, 0.15) is 23.9 Å². The summed E-state index contributed by atoms with van der Waals surface area (Å²) in [4.78, 5) is 55.2. The second-order valence-electron chi connectivity index (χ2n) is 12.5. The molecule has 0 radical (unpaired) electrons. The molecule has 2 aliphatic rings. The van der Waals surface area contributed by atoms with Crippen LogP contribution in [0.5, 0.6) is 0 Å². The monoisotopic (exact) mass is 573 g/mol. The number of halogens is 1. The van der Waals surface area contributed by atoms with Gasteiger partial charge in [0, 0.05) is 25.0 Å². The average Bonchev–Trinajstić information content (AvgIpc) is 3.42. The van der Waals surface area contributed by atoms with E-state index in [1.807, 2.05) is 20.8 Å². The van der Waals surface area contributed by atoms with Crippen molar-refractivity contribution in [1.29, 1.82) is 0 Å². The smallest absolute Gasteiger partial charge is 0.246 e. The highest BCUT2D eigenvalue weighted by atomic mass is 19.1. The molecule has 4 amide bonds. The lowest BCUT2D eigenvalue weighted by molar-refractivity contribution is -0.143. The fourth-order valence-electron chi connectivity index (χ4n) is 5.95. The predicted octanol–water partition coefficient (Wildman–Crippen LogP) is 2.82. The van der Waals surface area contributed by atoms with Crippen molar-refractivity contribution in [2.75, 3.05) is 13.1 Å². The van der Waals surface area contributed by atoms with Crippen molar-refractivity contribution in [1.82, 2.24) is 26.2 Å². The summed E-state index contributed by atoms with van der Waals surface area (Å²) in [5.74, 6) is -1.58. The van der Waals surface area contributed by atoms with Crippen molar-refractivity contribution < 1.29 is 23.6 Å². The van der Waals surface area contributed by atoms with Gasteiger partial charge in [-0.3, -0.25) is 19.2 Å². The third kappa shape index (κ3) is 9.51. The number of benzene rings is 1. The summed E-state index contributed by atoms with van der Waals surface area (Å²) in [6.07, 6.45) is 6.13. The van der Waals surface area contributed by atoms with Gasteiger partial charge in [-0.1, -0.05) is 31.4 Å². The molecule has 0 bridgehead atoms. The summed E-state index contributed by atoms with van der Waals surface area (Å²) in [7, 11) is 0. The Morgan fingerprint density at radius 1 is 0.951 bits per heavy atom. The number of rotatable bonds is 11. The number of nitrogens with zero attached hydrogens (tertiary/aromatic N) is 1. The normalized spacial score (nSPS) is 20.1. The summed E-state index contributed by atoms with van der Waals surface area (Å²) >= 11 is 0. The Morgan fingerprint density at radius 3 is 2.22 bits per heavy atom. The molecule has 3 rings (SSSR count). The third-order valence-corrected chi connectivity index (χ3v) is 7.90. The van der Waals surface area contributed by atoms with E-state index in [1.54, 1.807) is 30.9 Å². The fraction of sp³-hybridized carbons (Fsp3) is 0.677. The number of nitrogens with one attached hydrogen (secondary N) is 4. The van der Waals surface area contributed by atoms with Crippen molar-refractivity contribution >= 4 is 23.6 Å². The highest BCUT2D eigenvalue weighted by Crippen LogP contribution is 2.29. The Balaban J connectivity index is 1.76. The average molecular weight is 574 g/mol. The van der Waals surface area contributed by atoms with Gasteiger partial charge in [-0.05, 0) is 83.9 Å². The molecule has 1 aromatic rings. The van der Waals surface area contributed by atoms with Crippen LogP contribution >= 0.6 is 0 Å². The van der Waals surface area contributed by atoms with E-state index >= 15 is 0 Å². The minimum absolute atomic E-state index is 0.00732. The third-order valence-electron chi connectivity index (χ3n) is 7.90. The van der Waals surface area contributed by atoms with E-state index in [0.717, 1.165) is 32.1 Å². The van der Waals surface area contributed by atoms with Gasteiger partial charge in [-0.2, -0.15) is 0 Å². The van der Waals surface area contributed by atoms with Gasteiger partial charge in [-0.25, -0.2) is 4.39 Å². The molecule has 4 unspecified atom stereocenters. The number of likely N-dealkylation sites (N-methyl/N-ethyl adjacent to an activating group) is 1. The molecule has 4 N–H and O–H groups in total. The van der Waals surface area contributed by atoms with Gasteiger partial charge >= 0.3 is 0 Å². The molecule has 9 nitrogen and oxygen atoms in total. The molecule has 10 heteroatoms. The van der Waals surface area contributed by atoms with E-state index in [-0.39, 0.29) is 41.4 Å². The maximum Gasteiger partial charge on any atom is 0.246 e. The number of amides is 4. The number of hydrogen-bond donors (Lipinski definition) is 4. The number of carbonyl (C=O) groups is 4. The first-order chi connectivity index (χ1) is 19.4. The van der Waals surface area contributed by atoms with Crippen molar-refractivity contribution in [3.63, 3.8) is 0 Å². The molecule has 228 valence electrons. The molecular weight excluding hydrogens is 525 g/mol. The molecular formula is C31H48FN5O4. The van der Waals surface area contributed by atoms with Gasteiger partial charge < -0.3 is 26.2 Å². The number of likely N-dealkylation sites (tertiary alicyclic amines) is 1. The minimum atomic E-state index is -0.872. The molecule has 1 saturated heterocycles. The molecule has 2 fully saturated rings. The largest absolute Gasteiger partial charge is 0.355 e. The van der Waals surface area contributed by atoms with Crippen molar-refractivity contribution in [2.24, 2.45) is 5.92 Å². The molecule has 0 spiro atoms. The maximum absolute atomic E-state index is 14.0. The van der Waals surface area contributed by atoms with Gasteiger partial charge in [0.2, 0.25) is 23.6 Å². The molecule has 4 atom stereocenters. The van der Waals surface area contributed by atoms with Crippen LogP contribution in [-0.2, 0) is 25.6 Å². The second-order valence-corrected chi connectivity index (χ2v) is 12.5. The lowest BCUT2D eigenvalue weighted by Crippen LogP contribution is -2.60. The summed E-state index contributed by atoms with van der Waals surface area (Å²) < 4.78 is 13.4. The number of carbonyl (C=O) groups excluding carboxylic acids is 4. The summed E-state index contributed by atoms with van der Waals surface area (Å²) in [6, 6.07) is 3.01. The lowest BCUT2D eigenvalue weighted by atomic mass is 9.83. The van der Waals surface area contributed by atoms with E-state index < -0.39 is 30.1 Å². The van der Waals surface area contributed by atoms with E-state index in [4.69, 9.17) is 0 Å². The fourth-order valence-corrected chi connectivity index (χ4v) is 5.95. The van der Waals surface area contributed by atoms with Crippen LogP contribution in [0.15, 0.2) is 24.3 Å². The van der Waals surface area contributed by atoms with Crippen molar-refractivity contribution in [3.05, 3.63) is 35.6 Å². The zero-order chi connectivity index (χ0) is 30.2. The highest BCUT2D eigenvalue weighted by molar-refractivity contribution is 5.95. The topological polar surface area (TPSA) is 120 Å². The first kappa shape index (κ1) is 32.5. The van der Waals surface area contributed by atoms with E-state index in [1.165, 1.54) is 12.1 Å². The summed E-state index contributed by atoms with van der Waals surface area (Å²) in [5.41, 5.74) is 0.439. The Morgan fingerprint density at radius 2 is 1.61 bits per heavy atom. The quantitative estimate of drug-likeness (QED) is 0.325. The number of hydrogen-bond acceptors (Lipinski definition) is 5. The summed E-state index contributed by atoms with van der Waals surface area (Å²) in [5, 5.41) is 11.9. The van der Waals surface area contributed by atoms with Gasteiger partial charge in [0.05, 0.1) is 6.04 Å². The van der Waals surface area contributed by atoms with E-state index in [9.17, 15) is 23.6 Å². The molecule has 1 saturated carbocycles. The Hall–Kier alpha value is -3.01. The highest BCUT2D eigenvalue weighted by Gasteiger charge is 2.42. The molecule has 0 aromatic heterocycles. The molecule has 41 heavy (non-hydrogen) atoms. The zero-order valence-electron chi connectivity index (χ0n) is 25.2. The van der Waals surface area contributed by atoms with Crippen LogP contribution in [-0.4, -0.2) is 71.3 Å². The Bertz CT molecular complexity index is 1050. The van der Waals surface area contributed by atoms with E-state index in [0.29, 0.717) is 31.5 Å². The Labute approximate surface area is 243 Å². The van der Waals surface area contributed by atoms with Crippen LogP contribution < -0.4 is 21.3 Å². The SMILES string of the molecule is CCNC(=O)C(Cc1ccc(F)cc1)NC(=O)C1CCCN1C(=O)C(NC(=O)C(C)NC(C)(C)C)C1CCCCC1. The molecule has 1 heterocycles. The van der Waals surface area contributed by atoms with Crippen LogP contribution in [0.4, 0.5) is 4.39 Å². The zero-order valence-corrected chi connectivity index (χ0v) is 25.2. The van der Waals surface area contributed by atoms with Crippen LogP contribution in [0.25, 0.3) is 0 Å². The first-order valence-corrected chi connectivity index (χ1v) is 15.1.